The van der Waals surface area contributed by atoms with Crippen LogP contribution in [0.2, 0.25) is 5.02 Å². The third kappa shape index (κ3) is 5.52. The van der Waals surface area contributed by atoms with Gasteiger partial charge in [0.15, 0.2) is 0 Å². The van der Waals surface area contributed by atoms with Gasteiger partial charge in [-0.05, 0) is 29.8 Å². The van der Waals surface area contributed by atoms with Gasteiger partial charge in [0.25, 0.3) is 0 Å². The average molecular weight is 450 g/mol. The van der Waals surface area contributed by atoms with Gasteiger partial charge in [-0.15, -0.1) is 0 Å². The standard InChI is InChI=1S/C20H15BrClFN2O2/c21-17-10-16(25-19(26)9-13-3-1-2-4-18(13)22)7-5-14(17)12-27-20-8-6-15(23)11-24-20/h1-8,10-11H,9,12H2,(H,25,26). The van der Waals surface area contributed by atoms with Gasteiger partial charge in [-0.25, -0.2) is 9.37 Å². The number of ether oxygens (including phenoxy) is 1. The Labute approximate surface area is 169 Å². The van der Waals surface area contributed by atoms with Crippen molar-refractivity contribution in [2.24, 2.45) is 0 Å². The molecule has 1 aromatic heterocycles. The molecule has 0 unspecified atom stereocenters. The smallest absolute Gasteiger partial charge is 0.228 e. The maximum Gasteiger partial charge on any atom is 0.228 e. The summed E-state index contributed by atoms with van der Waals surface area (Å²) in [6.07, 6.45) is 1.29. The van der Waals surface area contributed by atoms with Gasteiger partial charge in [-0.1, -0.05) is 51.8 Å². The van der Waals surface area contributed by atoms with E-state index in [-0.39, 0.29) is 18.9 Å². The number of pyridine rings is 1. The van der Waals surface area contributed by atoms with Crippen LogP contribution in [-0.4, -0.2) is 10.9 Å². The number of nitrogens with zero attached hydrogens (tertiary/aromatic N) is 1. The summed E-state index contributed by atoms with van der Waals surface area (Å²) >= 11 is 9.55. The van der Waals surface area contributed by atoms with Crippen LogP contribution in [0.5, 0.6) is 5.88 Å². The summed E-state index contributed by atoms with van der Waals surface area (Å²) in [6, 6.07) is 15.4. The molecular formula is C20H15BrClFN2O2. The molecule has 0 saturated heterocycles. The van der Waals surface area contributed by atoms with Crippen molar-refractivity contribution in [3.8, 4) is 5.88 Å². The van der Waals surface area contributed by atoms with Gasteiger partial charge in [0.2, 0.25) is 11.8 Å². The number of nitrogens with one attached hydrogen (secondary N) is 1. The van der Waals surface area contributed by atoms with Crippen LogP contribution < -0.4 is 10.1 Å². The molecular weight excluding hydrogens is 435 g/mol. The van der Waals surface area contributed by atoms with Crippen LogP contribution in [0.15, 0.2) is 65.3 Å². The molecule has 7 heteroatoms. The topological polar surface area (TPSA) is 51.2 Å². The van der Waals surface area contributed by atoms with E-state index in [0.717, 1.165) is 21.8 Å². The molecule has 0 fully saturated rings. The summed E-state index contributed by atoms with van der Waals surface area (Å²) in [5.74, 6) is -0.240. The van der Waals surface area contributed by atoms with Crippen molar-refractivity contribution in [3.05, 3.63) is 87.2 Å². The Morgan fingerprint density at radius 3 is 2.67 bits per heavy atom. The second-order valence-corrected chi connectivity index (χ2v) is 6.99. The van der Waals surface area contributed by atoms with E-state index in [4.69, 9.17) is 16.3 Å². The van der Waals surface area contributed by atoms with Crippen LogP contribution in [-0.2, 0) is 17.8 Å². The van der Waals surface area contributed by atoms with E-state index >= 15 is 0 Å². The predicted octanol–water partition coefficient (Wildman–Crippen LogP) is 5.40. The molecule has 3 rings (SSSR count). The largest absolute Gasteiger partial charge is 0.473 e. The predicted molar refractivity (Wildman–Crippen MR) is 106 cm³/mol. The number of anilines is 1. The molecule has 0 aliphatic rings. The fraction of sp³-hybridized carbons (Fsp3) is 0.100. The molecule has 1 heterocycles. The quantitative estimate of drug-likeness (QED) is 0.548. The van der Waals surface area contributed by atoms with Gasteiger partial charge in [0.1, 0.15) is 12.4 Å². The van der Waals surface area contributed by atoms with Crippen LogP contribution in [0.1, 0.15) is 11.1 Å². The van der Waals surface area contributed by atoms with Gasteiger partial charge < -0.3 is 10.1 Å². The van der Waals surface area contributed by atoms with Crippen LogP contribution in [0.4, 0.5) is 10.1 Å². The Bertz CT molecular complexity index is 951. The van der Waals surface area contributed by atoms with Crippen molar-refractivity contribution in [3.63, 3.8) is 0 Å². The minimum Gasteiger partial charge on any atom is -0.473 e. The summed E-state index contributed by atoms with van der Waals surface area (Å²) in [5, 5.41) is 3.41. The van der Waals surface area contributed by atoms with Crippen LogP contribution in [0, 0.1) is 5.82 Å². The lowest BCUT2D eigenvalue weighted by Crippen LogP contribution is -2.14. The lowest BCUT2D eigenvalue weighted by atomic mass is 10.1. The van der Waals surface area contributed by atoms with E-state index in [1.165, 1.54) is 12.1 Å². The Morgan fingerprint density at radius 2 is 1.96 bits per heavy atom. The van der Waals surface area contributed by atoms with Crippen LogP contribution >= 0.6 is 27.5 Å². The lowest BCUT2D eigenvalue weighted by molar-refractivity contribution is -0.115. The number of hydrogen-bond acceptors (Lipinski definition) is 3. The van der Waals surface area contributed by atoms with E-state index in [0.29, 0.717) is 16.6 Å². The highest BCUT2D eigenvalue weighted by atomic mass is 79.9. The number of rotatable bonds is 6. The van der Waals surface area contributed by atoms with Crippen molar-refractivity contribution < 1.29 is 13.9 Å². The zero-order chi connectivity index (χ0) is 19.2. The zero-order valence-electron chi connectivity index (χ0n) is 14.1. The lowest BCUT2D eigenvalue weighted by Gasteiger charge is -2.10. The Balaban J connectivity index is 1.59. The second-order valence-electron chi connectivity index (χ2n) is 5.73. The summed E-state index contributed by atoms with van der Waals surface area (Å²) in [6.45, 7) is 0.257. The molecule has 0 atom stereocenters. The number of hydrogen-bond donors (Lipinski definition) is 1. The van der Waals surface area contributed by atoms with Crippen molar-refractivity contribution in [1.29, 1.82) is 0 Å². The third-order valence-electron chi connectivity index (χ3n) is 3.72. The first kappa shape index (κ1) is 19.3. The average Bonchev–Trinajstić information content (AvgIpc) is 2.64. The highest BCUT2D eigenvalue weighted by molar-refractivity contribution is 9.10. The Kier molecular flexibility index (Phi) is 6.42. The molecule has 0 spiro atoms. The van der Waals surface area contributed by atoms with Crippen molar-refractivity contribution >= 4 is 39.1 Å². The minimum atomic E-state index is -0.416. The molecule has 0 radical (unpaired) electrons. The number of amides is 1. The third-order valence-corrected chi connectivity index (χ3v) is 4.83. The molecule has 0 aliphatic heterocycles. The van der Waals surface area contributed by atoms with E-state index < -0.39 is 5.82 Å². The number of halogens is 3. The zero-order valence-corrected chi connectivity index (χ0v) is 16.4. The van der Waals surface area contributed by atoms with Gasteiger partial charge >= 0.3 is 0 Å². The van der Waals surface area contributed by atoms with Gasteiger partial charge in [0, 0.05) is 26.8 Å². The minimum absolute atomic E-state index is 0.158. The Hall–Kier alpha value is -2.44. The maximum atomic E-state index is 12.9. The Morgan fingerprint density at radius 1 is 1.15 bits per heavy atom. The van der Waals surface area contributed by atoms with Crippen LogP contribution in [0.25, 0.3) is 0 Å². The molecule has 2 aromatic carbocycles. The van der Waals surface area contributed by atoms with E-state index in [1.54, 1.807) is 18.2 Å². The number of carbonyl (C=O) groups excluding carboxylic acids is 1. The van der Waals surface area contributed by atoms with E-state index in [2.05, 4.69) is 26.2 Å². The van der Waals surface area contributed by atoms with E-state index in [1.807, 2.05) is 24.3 Å². The molecule has 1 amide bonds. The molecule has 0 bridgehead atoms. The molecule has 0 aliphatic carbocycles. The second kappa shape index (κ2) is 8.97. The highest BCUT2D eigenvalue weighted by Gasteiger charge is 2.09. The van der Waals surface area contributed by atoms with Crippen LogP contribution in [0.3, 0.4) is 0 Å². The molecule has 4 nitrogen and oxygen atoms in total. The monoisotopic (exact) mass is 448 g/mol. The van der Waals surface area contributed by atoms with E-state index in [9.17, 15) is 9.18 Å². The summed E-state index contributed by atoms with van der Waals surface area (Å²) < 4.78 is 19.2. The maximum absolute atomic E-state index is 12.9. The number of aromatic nitrogens is 1. The van der Waals surface area contributed by atoms with Gasteiger partial charge in [-0.2, -0.15) is 0 Å². The molecule has 138 valence electrons. The van der Waals surface area contributed by atoms with Gasteiger partial charge in [-0.3, -0.25) is 4.79 Å². The summed E-state index contributed by atoms with van der Waals surface area (Å²) in [7, 11) is 0. The first-order valence-corrected chi connectivity index (χ1v) is 9.24. The highest BCUT2D eigenvalue weighted by Crippen LogP contribution is 2.23. The van der Waals surface area contributed by atoms with Crippen molar-refractivity contribution in [1.82, 2.24) is 4.98 Å². The van der Waals surface area contributed by atoms with Crippen molar-refractivity contribution in [2.45, 2.75) is 13.0 Å². The SMILES string of the molecule is O=C(Cc1ccccc1Cl)Nc1ccc(COc2ccc(F)cn2)c(Br)c1. The number of carbonyl (C=O) groups is 1. The first-order valence-electron chi connectivity index (χ1n) is 8.07. The summed E-state index contributed by atoms with van der Waals surface area (Å²) in [5.41, 5.74) is 2.29. The molecule has 3 aromatic rings. The normalized spacial score (nSPS) is 10.5. The number of benzene rings is 2. The summed E-state index contributed by atoms with van der Waals surface area (Å²) in [4.78, 5) is 16.1. The first-order chi connectivity index (χ1) is 13.0. The molecule has 1 N–H and O–H groups in total. The molecule has 27 heavy (non-hydrogen) atoms. The molecule has 0 saturated carbocycles. The fourth-order valence-electron chi connectivity index (χ4n) is 2.36. The van der Waals surface area contributed by atoms with Crippen molar-refractivity contribution in [2.75, 3.05) is 5.32 Å². The fourth-order valence-corrected chi connectivity index (χ4v) is 3.06. The van der Waals surface area contributed by atoms with Gasteiger partial charge in [0.05, 0.1) is 12.6 Å².